The average Bonchev–Trinajstić information content (AvgIpc) is 1.54. The third kappa shape index (κ3) is 441. The van der Waals surface area contributed by atoms with Gasteiger partial charge in [0.05, 0.1) is 0 Å². The molecule has 13 heavy (non-hydrogen) atoms. The smallest absolute Gasteiger partial charge is 0.405 e. The molecule has 0 aliphatic carbocycles. The fraction of sp³-hybridized carbons (Fsp3) is 0. The van der Waals surface area contributed by atoms with Crippen molar-refractivity contribution in [1.29, 1.82) is 0 Å². The second-order valence-corrected chi connectivity index (χ2v) is 2.95. The van der Waals surface area contributed by atoms with Crippen LogP contribution in [-0.4, -0.2) is 0 Å². The van der Waals surface area contributed by atoms with Crippen molar-refractivity contribution in [3.8, 4) is 0 Å². The van der Waals surface area contributed by atoms with E-state index < -0.39 is 44.4 Å². The predicted octanol–water partition coefficient (Wildman–Crippen LogP) is -10.7. The van der Waals surface area contributed by atoms with Crippen molar-refractivity contribution in [1.82, 2.24) is 0 Å². The van der Waals surface area contributed by atoms with Gasteiger partial charge in [-0.05, 0) is 0 Å². The molecule has 0 heterocycles. The summed E-state index contributed by atoms with van der Waals surface area (Å²) in [5, 5.41) is 0. The maximum atomic E-state index is 8.52. The minimum atomic E-state index is -3.65. The minimum Gasteiger partial charge on any atom is -0.405 e. The molecule has 0 spiro atoms. The van der Waals surface area contributed by atoms with E-state index >= 15 is 0 Å². The van der Waals surface area contributed by atoms with Gasteiger partial charge in [-0.1, -0.05) is 0 Å². The SMILES string of the molecule is [O-][Br+2]([O-])[O-].[O-][Br+2]([O-])[O-].[O-][Br+2]([O-])[O-].[Y+3]. The standard InChI is InChI=1S/3BrO3.Y/c3*2-1(3)4;/q3*-1;+3. The number of hydrogen-bond acceptors (Lipinski definition) is 9. The molecule has 9 nitrogen and oxygen atoms in total. The summed E-state index contributed by atoms with van der Waals surface area (Å²) in [6.45, 7) is 0. The first kappa shape index (κ1) is 24.4. The molecule has 0 N–H and O–H groups in total. The van der Waals surface area contributed by atoms with E-state index in [1.165, 1.54) is 0 Å². The van der Waals surface area contributed by atoms with E-state index in [1.54, 1.807) is 0 Å². The maximum Gasteiger partial charge on any atom is 3.00 e. The van der Waals surface area contributed by atoms with Gasteiger partial charge in [0.25, 0.3) is 0 Å². The Bertz CT molecular complexity index is 43.4. The summed E-state index contributed by atoms with van der Waals surface area (Å²) in [6.07, 6.45) is 0. The van der Waals surface area contributed by atoms with Crippen molar-refractivity contribution in [2.45, 2.75) is 0 Å². The van der Waals surface area contributed by atoms with Crippen molar-refractivity contribution in [3.63, 3.8) is 0 Å². The molecule has 0 aromatic carbocycles. The number of hydrogen-bond donors (Lipinski definition) is 0. The first-order valence-electron chi connectivity index (χ1n) is 1.39. The molecule has 0 aromatic heterocycles. The first-order chi connectivity index (χ1) is 5.20. The quantitative estimate of drug-likeness (QED) is 0.327. The third-order valence-corrected chi connectivity index (χ3v) is 0. The van der Waals surface area contributed by atoms with Gasteiger partial charge in [-0.3, -0.25) is 0 Å². The van der Waals surface area contributed by atoms with Crippen LogP contribution in [0.25, 0.3) is 0 Å². The molecule has 0 bridgehead atoms. The van der Waals surface area contributed by atoms with Crippen molar-refractivity contribution in [2.24, 2.45) is 0 Å². The monoisotopic (exact) mass is 470 g/mol. The Morgan fingerprint density at radius 1 is 0.385 bits per heavy atom. The second-order valence-electron chi connectivity index (χ2n) is 0.567. The molecule has 0 radical (unpaired) electrons. The van der Waals surface area contributed by atoms with Crippen LogP contribution < -0.4 is 37.8 Å². The van der Waals surface area contributed by atoms with Crippen molar-refractivity contribution in [3.05, 3.63) is 0 Å². The van der Waals surface area contributed by atoms with Crippen LogP contribution in [0.15, 0.2) is 0 Å². The van der Waals surface area contributed by atoms with Gasteiger partial charge in [-0.15, -0.1) is 0 Å². The Balaban J connectivity index is -0.0000000450. The van der Waals surface area contributed by atoms with Gasteiger partial charge < -0.3 is 37.8 Å². The summed E-state index contributed by atoms with van der Waals surface area (Å²) in [6, 6.07) is 0. The molecular formula is Br3O9Y. The second kappa shape index (κ2) is 19.7. The van der Waals surface area contributed by atoms with Crippen LogP contribution in [0.5, 0.6) is 0 Å². The first-order valence-corrected chi connectivity index (χ1v) is 7.22. The molecule has 0 amide bonds. The molecule has 0 aliphatic heterocycles. The Morgan fingerprint density at radius 3 is 0.385 bits per heavy atom. The minimum absolute atomic E-state index is 0. The Hall–Kier alpha value is 2.18. The summed E-state index contributed by atoms with van der Waals surface area (Å²) < 4.78 is 76.7. The maximum absolute atomic E-state index is 8.52. The summed E-state index contributed by atoms with van der Waals surface area (Å²) in [4.78, 5) is 0. The Labute approximate surface area is 114 Å². The van der Waals surface area contributed by atoms with Gasteiger partial charge in [0.2, 0.25) is 44.4 Å². The average molecular weight is 473 g/mol. The van der Waals surface area contributed by atoms with E-state index in [4.69, 9.17) is 37.8 Å². The predicted molar refractivity (Wildman–Crippen MR) is 0 cm³/mol. The van der Waals surface area contributed by atoms with E-state index in [0.717, 1.165) is 0 Å². The van der Waals surface area contributed by atoms with Gasteiger partial charge in [0.15, 0.2) is 0 Å². The zero-order valence-electron chi connectivity index (χ0n) is 5.39. The van der Waals surface area contributed by atoms with Crippen LogP contribution in [0.3, 0.4) is 0 Å². The summed E-state index contributed by atoms with van der Waals surface area (Å²) in [5.41, 5.74) is 0. The molecule has 13 heteroatoms. The van der Waals surface area contributed by atoms with Crippen molar-refractivity contribution < 1.29 is 115 Å². The van der Waals surface area contributed by atoms with E-state index in [1.807, 2.05) is 0 Å². The van der Waals surface area contributed by atoms with Crippen LogP contribution in [0.4, 0.5) is 0 Å². The molecular weight excluding hydrogens is 473 g/mol. The molecule has 0 atom stereocenters. The molecule has 0 aromatic rings. The van der Waals surface area contributed by atoms with Gasteiger partial charge in [-0.2, -0.15) is 0 Å². The van der Waals surface area contributed by atoms with E-state index in [9.17, 15) is 0 Å². The molecule has 0 saturated carbocycles. The van der Waals surface area contributed by atoms with Crippen LogP contribution in [0, 0.1) is 44.4 Å². The largest absolute Gasteiger partial charge is 3.00 e. The summed E-state index contributed by atoms with van der Waals surface area (Å²) >= 11 is -10.9. The molecule has 0 fully saturated rings. The van der Waals surface area contributed by atoms with Gasteiger partial charge in [0.1, 0.15) is 0 Å². The molecule has 0 saturated heterocycles. The van der Waals surface area contributed by atoms with Gasteiger partial charge >= 0.3 is 32.7 Å². The molecule has 0 aliphatic rings. The van der Waals surface area contributed by atoms with Crippen LogP contribution in [0.1, 0.15) is 0 Å². The zero-order chi connectivity index (χ0) is 10.7. The molecule has 78 valence electrons. The fourth-order valence-corrected chi connectivity index (χ4v) is 0. The van der Waals surface area contributed by atoms with Gasteiger partial charge in [-0.25, -0.2) is 0 Å². The van der Waals surface area contributed by atoms with E-state index in [2.05, 4.69) is 0 Å². The topological polar surface area (TPSA) is 208 Å². The van der Waals surface area contributed by atoms with Crippen LogP contribution >= 0.6 is 0 Å². The summed E-state index contributed by atoms with van der Waals surface area (Å²) in [7, 11) is 0. The zero-order valence-corrected chi connectivity index (χ0v) is 13.0. The molecule has 0 unspecified atom stereocenters. The third-order valence-electron chi connectivity index (χ3n) is 0. The van der Waals surface area contributed by atoms with Gasteiger partial charge in [0, 0.05) is 0 Å². The Kier molecular flexibility index (Phi) is 37.0. The number of halogens is 3. The van der Waals surface area contributed by atoms with Crippen LogP contribution in [-0.2, 0) is 32.7 Å². The Morgan fingerprint density at radius 2 is 0.385 bits per heavy atom. The normalized spacial score (nSPS) is 8.31. The van der Waals surface area contributed by atoms with Crippen molar-refractivity contribution >= 4 is 0 Å². The number of rotatable bonds is 0. The van der Waals surface area contributed by atoms with Crippen LogP contribution in [0.2, 0.25) is 0 Å². The van der Waals surface area contributed by atoms with E-state index in [-0.39, 0.29) is 32.7 Å². The summed E-state index contributed by atoms with van der Waals surface area (Å²) in [5.74, 6) is 0. The van der Waals surface area contributed by atoms with Crippen molar-refractivity contribution in [2.75, 3.05) is 0 Å². The fourth-order valence-electron chi connectivity index (χ4n) is 0. The molecule has 0 rings (SSSR count). The van der Waals surface area contributed by atoms with E-state index in [0.29, 0.717) is 0 Å².